The summed E-state index contributed by atoms with van der Waals surface area (Å²) in [5, 5.41) is 9.13. The van der Waals surface area contributed by atoms with Gasteiger partial charge in [0.1, 0.15) is 12.4 Å². The van der Waals surface area contributed by atoms with Gasteiger partial charge in [0.05, 0.1) is 19.6 Å². The first-order valence-corrected chi connectivity index (χ1v) is 8.92. The molecule has 1 aliphatic heterocycles. The van der Waals surface area contributed by atoms with Gasteiger partial charge in [0.25, 0.3) is 0 Å². The van der Waals surface area contributed by atoms with Gasteiger partial charge >= 0.3 is 5.97 Å². The molecule has 0 spiro atoms. The van der Waals surface area contributed by atoms with E-state index in [0.29, 0.717) is 26.4 Å². The van der Waals surface area contributed by atoms with Gasteiger partial charge in [-0.3, -0.25) is 9.69 Å². The van der Waals surface area contributed by atoms with E-state index >= 15 is 0 Å². The van der Waals surface area contributed by atoms with Crippen molar-refractivity contribution in [3.05, 3.63) is 65.2 Å². The van der Waals surface area contributed by atoms with Crippen molar-refractivity contribution in [3.63, 3.8) is 0 Å². The number of carboxylic acids is 1. The minimum absolute atomic E-state index is 0.0895. The fraction of sp³-hybridized carbons (Fsp3) is 0.381. The molecule has 26 heavy (non-hydrogen) atoms. The zero-order chi connectivity index (χ0) is 18.4. The minimum Gasteiger partial charge on any atom is -0.489 e. The Morgan fingerprint density at radius 3 is 2.69 bits per heavy atom. The van der Waals surface area contributed by atoms with Gasteiger partial charge in [0.2, 0.25) is 0 Å². The number of carboxylic acid groups (broad SMARTS) is 1. The molecule has 0 radical (unpaired) electrons. The van der Waals surface area contributed by atoms with Gasteiger partial charge in [0.15, 0.2) is 0 Å². The Bertz CT molecular complexity index is 746. The number of aryl methyl sites for hydroxylation is 1. The topological polar surface area (TPSA) is 59.0 Å². The van der Waals surface area contributed by atoms with E-state index in [-0.39, 0.29) is 12.5 Å². The van der Waals surface area contributed by atoms with E-state index in [0.717, 1.165) is 23.4 Å². The molecule has 1 fully saturated rings. The van der Waals surface area contributed by atoms with Crippen molar-refractivity contribution >= 4 is 5.97 Å². The van der Waals surface area contributed by atoms with Crippen LogP contribution in [-0.2, 0) is 22.7 Å². The lowest BCUT2D eigenvalue weighted by Gasteiger charge is -2.35. The molecule has 1 aliphatic rings. The highest BCUT2D eigenvalue weighted by molar-refractivity contribution is 5.67. The highest BCUT2D eigenvalue weighted by Crippen LogP contribution is 2.24. The zero-order valence-electron chi connectivity index (χ0n) is 15.1. The van der Waals surface area contributed by atoms with Crippen molar-refractivity contribution in [3.8, 4) is 5.75 Å². The number of benzene rings is 2. The van der Waals surface area contributed by atoms with E-state index in [9.17, 15) is 4.79 Å². The van der Waals surface area contributed by atoms with Gasteiger partial charge in [0, 0.05) is 24.7 Å². The van der Waals surface area contributed by atoms with E-state index < -0.39 is 5.97 Å². The molecule has 1 atom stereocenters. The van der Waals surface area contributed by atoms with Crippen molar-refractivity contribution in [1.82, 2.24) is 4.90 Å². The second-order valence-corrected chi connectivity index (χ2v) is 6.62. The first kappa shape index (κ1) is 18.4. The lowest BCUT2D eigenvalue weighted by Crippen LogP contribution is -2.45. The standard InChI is InChI=1S/C21H25NO4/c1-16-6-2-3-8-18(16)14-26-20-9-5-4-7-17(20)13-22-10-11-25-15-19(22)12-21(23)24/h2-9,19H,10-15H2,1H3,(H,23,24)/t19-/m0/s1. The first-order valence-electron chi connectivity index (χ1n) is 8.92. The van der Waals surface area contributed by atoms with Gasteiger partial charge < -0.3 is 14.6 Å². The second-order valence-electron chi connectivity index (χ2n) is 6.62. The summed E-state index contributed by atoms with van der Waals surface area (Å²) in [6, 6.07) is 16.0. The van der Waals surface area contributed by atoms with Gasteiger partial charge in [-0.05, 0) is 24.1 Å². The molecule has 0 bridgehead atoms. The Hall–Kier alpha value is -2.37. The smallest absolute Gasteiger partial charge is 0.305 e. The third-order valence-electron chi connectivity index (χ3n) is 4.75. The van der Waals surface area contributed by atoms with Crippen LogP contribution < -0.4 is 4.74 Å². The number of morpholine rings is 1. The number of hydrogen-bond acceptors (Lipinski definition) is 4. The van der Waals surface area contributed by atoms with Crippen LogP contribution in [0.25, 0.3) is 0 Å². The lowest BCUT2D eigenvalue weighted by molar-refractivity contribution is -0.140. The van der Waals surface area contributed by atoms with E-state index in [1.54, 1.807) is 0 Å². The molecule has 0 saturated carbocycles. The van der Waals surface area contributed by atoms with Crippen LogP contribution in [0.5, 0.6) is 5.75 Å². The van der Waals surface area contributed by atoms with Crippen LogP contribution >= 0.6 is 0 Å². The van der Waals surface area contributed by atoms with E-state index in [1.165, 1.54) is 5.56 Å². The number of rotatable bonds is 7. The predicted molar refractivity (Wildman–Crippen MR) is 99.2 cm³/mol. The van der Waals surface area contributed by atoms with Crippen LogP contribution in [0.2, 0.25) is 0 Å². The molecule has 5 nitrogen and oxygen atoms in total. The van der Waals surface area contributed by atoms with E-state index in [1.807, 2.05) is 36.4 Å². The number of nitrogens with zero attached hydrogens (tertiary/aromatic N) is 1. The van der Waals surface area contributed by atoms with Crippen molar-refractivity contribution in [2.75, 3.05) is 19.8 Å². The largest absolute Gasteiger partial charge is 0.489 e. The lowest BCUT2D eigenvalue weighted by atomic mass is 10.1. The molecule has 3 rings (SSSR count). The van der Waals surface area contributed by atoms with Gasteiger partial charge in [-0.25, -0.2) is 0 Å². The maximum Gasteiger partial charge on any atom is 0.305 e. The highest BCUT2D eigenvalue weighted by atomic mass is 16.5. The van der Waals surface area contributed by atoms with Crippen molar-refractivity contribution in [2.45, 2.75) is 32.5 Å². The Morgan fingerprint density at radius 2 is 1.92 bits per heavy atom. The molecule has 0 unspecified atom stereocenters. The molecule has 2 aromatic carbocycles. The normalized spacial score (nSPS) is 17.8. The van der Waals surface area contributed by atoms with Crippen LogP contribution in [0.3, 0.4) is 0 Å². The molecule has 1 saturated heterocycles. The molecular weight excluding hydrogens is 330 g/mol. The fourth-order valence-corrected chi connectivity index (χ4v) is 3.21. The monoisotopic (exact) mass is 355 g/mol. The molecule has 0 amide bonds. The maximum absolute atomic E-state index is 11.1. The van der Waals surface area contributed by atoms with Crippen molar-refractivity contribution < 1.29 is 19.4 Å². The molecular formula is C21H25NO4. The Balaban J connectivity index is 1.70. The molecule has 1 heterocycles. The number of hydrogen-bond donors (Lipinski definition) is 1. The predicted octanol–water partition coefficient (Wildman–Crippen LogP) is 3.25. The average molecular weight is 355 g/mol. The molecule has 0 aromatic heterocycles. The minimum atomic E-state index is -0.797. The third kappa shape index (κ3) is 4.84. The summed E-state index contributed by atoms with van der Waals surface area (Å²) in [6.07, 6.45) is 0.0895. The molecule has 138 valence electrons. The highest BCUT2D eigenvalue weighted by Gasteiger charge is 2.26. The first-order chi connectivity index (χ1) is 12.6. The average Bonchev–Trinajstić information content (AvgIpc) is 2.63. The Morgan fingerprint density at radius 1 is 1.19 bits per heavy atom. The summed E-state index contributed by atoms with van der Waals surface area (Å²) in [4.78, 5) is 13.3. The van der Waals surface area contributed by atoms with Gasteiger partial charge in [-0.1, -0.05) is 42.5 Å². The Labute approximate surface area is 154 Å². The van der Waals surface area contributed by atoms with Crippen LogP contribution in [0.1, 0.15) is 23.1 Å². The van der Waals surface area contributed by atoms with Crippen LogP contribution in [-0.4, -0.2) is 41.8 Å². The summed E-state index contributed by atoms with van der Waals surface area (Å²) in [7, 11) is 0. The number of carbonyl (C=O) groups is 1. The SMILES string of the molecule is Cc1ccccc1COc1ccccc1CN1CCOC[C@@H]1CC(=O)O. The molecule has 1 N–H and O–H groups in total. The van der Waals surface area contributed by atoms with Crippen molar-refractivity contribution in [2.24, 2.45) is 0 Å². The van der Waals surface area contributed by atoms with Gasteiger partial charge in [-0.15, -0.1) is 0 Å². The summed E-state index contributed by atoms with van der Waals surface area (Å²) in [5.74, 6) is 0.0471. The second kappa shape index (κ2) is 8.83. The van der Waals surface area contributed by atoms with E-state index in [4.69, 9.17) is 14.6 Å². The number of para-hydroxylation sites is 1. The number of aliphatic carboxylic acids is 1. The fourth-order valence-electron chi connectivity index (χ4n) is 3.21. The summed E-state index contributed by atoms with van der Waals surface area (Å²) in [6.45, 7) is 5.07. The van der Waals surface area contributed by atoms with Crippen LogP contribution in [0.15, 0.2) is 48.5 Å². The quantitative estimate of drug-likeness (QED) is 0.826. The van der Waals surface area contributed by atoms with Crippen LogP contribution in [0, 0.1) is 6.92 Å². The Kier molecular flexibility index (Phi) is 6.26. The summed E-state index contributed by atoms with van der Waals surface area (Å²) < 4.78 is 11.6. The summed E-state index contributed by atoms with van der Waals surface area (Å²) in [5.41, 5.74) is 3.44. The molecule has 2 aromatic rings. The molecule has 5 heteroatoms. The third-order valence-corrected chi connectivity index (χ3v) is 4.75. The molecule has 0 aliphatic carbocycles. The zero-order valence-corrected chi connectivity index (χ0v) is 15.1. The van der Waals surface area contributed by atoms with Crippen LogP contribution in [0.4, 0.5) is 0 Å². The maximum atomic E-state index is 11.1. The van der Waals surface area contributed by atoms with Gasteiger partial charge in [-0.2, -0.15) is 0 Å². The number of ether oxygens (including phenoxy) is 2. The van der Waals surface area contributed by atoms with E-state index in [2.05, 4.69) is 24.0 Å². The van der Waals surface area contributed by atoms with Crippen molar-refractivity contribution in [1.29, 1.82) is 0 Å². The summed E-state index contributed by atoms with van der Waals surface area (Å²) >= 11 is 0.